The number of halogens is 1. The Morgan fingerprint density at radius 2 is 1.80 bits per heavy atom. The highest BCUT2D eigenvalue weighted by Gasteiger charge is 2.30. The van der Waals surface area contributed by atoms with Crippen molar-refractivity contribution in [2.45, 2.75) is 13.5 Å². The third kappa shape index (κ3) is 6.31. The summed E-state index contributed by atoms with van der Waals surface area (Å²) in [5.74, 6) is 0.582. The number of hydrogen-bond donors (Lipinski definition) is 0. The number of esters is 1. The number of hydrogen-bond acceptors (Lipinski definition) is 7. The molecule has 9 heteroatoms. The number of amidine groups is 1. The fourth-order valence-corrected chi connectivity index (χ4v) is 5.89. The summed E-state index contributed by atoms with van der Waals surface area (Å²) in [6.07, 6.45) is 1.80. The maximum Gasteiger partial charge on any atom is 0.338 e. The van der Waals surface area contributed by atoms with Crippen molar-refractivity contribution in [2.75, 3.05) is 20.8 Å². The first kappa shape index (κ1) is 28.4. The lowest BCUT2D eigenvalue weighted by Crippen LogP contribution is -2.23. The maximum absolute atomic E-state index is 13.0. The van der Waals surface area contributed by atoms with Crippen LogP contribution >= 0.6 is 27.7 Å². The lowest BCUT2D eigenvalue weighted by Gasteiger charge is -2.15. The minimum Gasteiger partial charge on any atom is -0.493 e. The number of carbonyl (C=O) groups excluding carboxylic acids is 2. The quantitative estimate of drug-likeness (QED) is 0.147. The maximum atomic E-state index is 13.0. The molecule has 4 aromatic carbocycles. The van der Waals surface area contributed by atoms with Crippen LogP contribution < -0.4 is 9.47 Å². The second kappa shape index (κ2) is 12.6. The first-order valence-corrected chi connectivity index (χ1v) is 14.5. The number of methoxy groups -OCH3 is 1. The van der Waals surface area contributed by atoms with Crippen molar-refractivity contribution in [3.05, 3.63) is 105 Å². The molecule has 1 aliphatic rings. The Balaban J connectivity index is 1.35. The molecule has 0 spiro atoms. The molecule has 0 aliphatic carbocycles. The number of benzene rings is 4. The second-order valence-corrected chi connectivity index (χ2v) is 11.0. The summed E-state index contributed by atoms with van der Waals surface area (Å²) in [5.41, 5.74) is 2.92. The van der Waals surface area contributed by atoms with Gasteiger partial charge >= 0.3 is 5.97 Å². The van der Waals surface area contributed by atoms with E-state index in [1.807, 2.05) is 30.3 Å². The van der Waals surface area contributed by atoms with Gasteiger partial charge in [-0.1, -0.05) is 42.5 Å². The molecule has 0 radical (unpaired) electrons. The molecule has 7 nitrogen and oxygen atoms in total. The number of ether oxygens (including phenoxy) is 3. The number of amides is 1. The summed E-state index contributed by atoms with van der Waals surface area (Å²) in [7, 11) is 3.27. The fourth-order valence-electron chi connectivity index (χ4n) is 4.33. The molecule has 41 heavy (non-hydrogen) atoms. The highest BCUT2D eigenvalue weighted by atomic mass is 79.9. The van der Waals surface area contributed by atoms with E-state index >= 15 is 0 Å². The van der Waals surface area contributed by atoms with Crippen molar-refractivity contribution < 1.29 is 23.8 Å². The molecule has 208 valence electrons. The number of thioether (sulfide) groups is 1. The van der Waals surface area contributed by atoms with E-state index in [4.69, 9.17) is 14.2 Å². The summed E-state index contributed by atoms with van der Waals surface area (Å²) in [5, 5.41) is 2.83. The van der Waals surface area contributed by atoms with Gasteiger partial charge in [-0.05, 0) is 99.0 Å². The Labute approximate surface area is 250 Å². The molecular formula is C32H27BrN2O5S. The van der Waals surface area contributed by atoms with Crippen LogP contribution in [-0.2, 0) is 16.1 Å². The van der Waals surface area contributed by atoms with E-state index in [9.17, 15) is 9.59 Å². The molecular weight excluding hydrogens is 604 g/mol. The fraction of sp³-hybridized carbons (Fsp3) is 0.156. The van der Waals surface area contributed by atoms with E-state index in [-0.39, 0.29) is 11.9 Å². The highest BCUT2D eigenvalue weighted by Crippen LogP contribution is 2.40. The van der Waals surface area contributed by atoms with E-state index < -0.39 is 0 Å². The van der Waals surface area contributed by atoms with Crippen LogP contribution in [0.4, 0.5) is 5.69 Å². The van der Waals surface area contributed by atoms with Crippen molar-refractivity contribution in [1.29, 1.82) is 0 Å². The van der Waals surface area contributed by atoms with E-state index in [1.165, 1.54) is 16.7 Å². The average molecular weight is 632 g/mol. The number of fused-ring (bicyclic) bond motifs is 1. The predicted octanol–water partition coefficient (Wildman–Crippen LogP) is 7.60. The number of likely N-dealkylation sites (N-methyl/N-ethyl adjacent to an activating group) is 1. The van der Waals surface area contributed by atoms with Gasteiger partial charge in [-0.25, -0.2) is 9.79 Å². The summed E-state index contributed by atoms with van der Waals surface area (Å²) >= 11 is 4.90. The van der Waals surface area contributed by atoms with Crippen LogP contribution in [0.2, 0.25) is 0 Å². The number of carbonyl (C=O) groups is 2. The Bertz CT molecular complexity index is 1680. The molecule has 1 aliphatic heterocycles. The minimum absolute atomic E-state index is 0.164. The number of rotatable bonds is 8. The van der Waals surface area contributed by atoms with Crippen LogP contribution in [0.3, 0.4) is 0 Å². The zero-order valence-corrected chi connectivity index (χ0v) is 25.1. The highest BCUT2D eigenvalue weighted by molar-refractivity contribution is 9.10. The molecule has 1 fully saturated rings. The molecule has 0 aromatic heterocycles. The van der Waals surface area contributed by atoms with Crippen LogP contribution in [0.25, 0.3) is 16.8 Å². The number of nitrogens with zero attached hydrogens (tertiary/aromatic N) is 2. The van der Waals surface area contributed by atoms with Crippen molar-refractivity contribution >= 4 is 67.3 Å². The first-order valence-electron chi connectivity index (χ1n) is 12.9. The van der Waals surface area contributed by atoms with E-state index in [2.05, 4.69) is 45.2 Å². The molecule has 1 amide bonds. The lowest BCUT2D eigenvalue weighted by molar-refractivity contribution is -0.121. The second-order valence-electron chi connectivity index (χ2n) is 9.10. The van der Waals surface area contributed by atoms with Crippen LogP contribution in [0.5, 0.6) is 11.5 Å². The first-order chi connectivity index (χ1) is 19.9. The van der Waals surface area contributed by atoms with Gasteiger partial charge in [0.2, 0.25) is 0 Å². The van der Waals surface area contributed by atoms with Gasteiger partial charge in [0.15, 0.2) is 16.7 Å². The van der Waals surface area contributed by atoms with Gasteiger partial charge in [0.1, 0.15) is 6.61 Å². The SMILES string of the molecule is CCOC(=O)c1ccc(N=C2SC(=Cc3cc(Br)c(OCc4cccc5ccccc45)c(OC)c3)C(=O)N2C)cc1. The Morgan fingerprint density at radius 1 is 1.05 bits per heavy atom. The smallest absolute Gasteiger partial charge is 0.338 e. The largest absolute Gasteiger partial charge is 0.493 e. The van der Waals surface area contributed by atoms with Crippen molar-refractivity contribution in [1.82, 2.24) is 4.90 Å². The molecule has 0 saturated carbocycles. The third-order valence-electron chi connectivity index (χ3n) is 6.41. The van der Waals surface area contributed by atoms with Crippen LogP contribution in [0.1, 0.15) is 28.4 Å². The van der Waals surface area contributed by atoms with Gasteiger partial charge in [-0.3, -0.25) is 9.69 Å². The van der Waals surface area contributed by atoms with Gasteiger partial charge < -0.3 is 14.2 Å². The van der Waals surface area contributed by atoms with Gasteiger partial charge in [0, 0.05) is 7.05 Å². The molecule has 1 heterocycles. The molecule has 0 atom stereocenters. The van der Waals surface area contributed by atoms with Gasteiger partial charge in [-0.15, -0.1) is 0 Å². The molecule has 0 bridgehead atoms. The molecule has 5 rings (SSSR count). The van der Waals surface area contributed by atoms with Crippen molar-refractivity contribution in [2.24, 2.45) is 4.99 Å². The standard InChI is InChI=1S/C32H27BrN2O5S/c1-4-39-31(37)22-12-14-24(15-13-22)34-32-35(2)30(36)28(41-32)18-20-16-26(33)29(27(17-20)38-3)40-19-23-10-7-9-21-8-5-6-11-25(21)23/h5-18H,4,19H2,1-3H3. The molecule has 0 unspecified atom stereocenters. The van der Waals surface area contributed by atoms with Crippen LogP contribution in [0.15, 0.2) is 93.2 Å². The third-order valence-corrected chi connectivity index (χ3v) is 8.06. The van der Waals surface area contributed by atoms with Crippen LogP contribution in [-0.4, -0.2) is 42.7 Å². The zero-order valence-electron chi connectivity index (χ0n) is 22.7. The van der Waals surface area contributed by atoms with Crippen molar-refractivity contribution in [3.8, 4) is 11.5 Å². The van der Waals surface area contributed by atoms with E-state index in [1.54, 1.807) is 51.4 Å². The zero-order chi connectivity index (χ0) is 28.9. The van der Waals surface area contributed by atoms with E-state index in [0.717, 1.165) is 21.9 Å². The summed E-state index contributed by atoms with van der Waals surface area (Å²) in [6.45, 7) is 2.44. The molecule has 4 aromatic rings. The lowest BCUT2D eigenvalue weighted by atomic mass is 10.1. The van der Waals surface area contributed by atoms with Gasteiger partial charge in [0.25, 0.3) is 5.91 Å². The van der Waals surface area contributed by atoms with Gasteiger partial charge in [0.05, 0.1) is 34.3 Å². The molecule has 1 saturated heterocycles. The normalized spacial score (nSPS) is 15.1. The average Bonchev–Trinajstić information content (AvgIpc) is 3.24. The summed E-state index contributed by atoms with van der Waals surface area (Å²) < 4.78 is 17.6. The minimum atomic E-state index is -0.383. The van der Waals surface area contributed by atoms with Gasteiger partial charge in [-0.2, -0.15) is 0 Å². The molecule has 0 N–H and O–H groups in total. The Morgan fingerprint density at radius 3 is 2.56 bits per heavy atom. The predicted molar refractivity (Wildman–Crippen MR) is 167 cm³/mol. The number of aliphatic imine (C=N–C) groups is 1. The Hall–Kier alpha value is -4.08. The topological polar surface area (TPSA) is 77.4 Å². The van der Waals surface area contributed by atoms with Crippen LogP contribution in [0, 0.1) is 0 Å². The summed E-state index contributed by atoms with van der Waals surface area (Å²) in [4.78, 5) is 31.6. The monoisotopic (exact) mass is 630 g/mol. The van der Waals surface area contributed by atoms with Crippen molar-refractivity contribution in [3.63, 3.8) is 0 Å². The Kier molecular flexibility index (Phi) is 8.75. The van der Waals surface area contributed by atoms with E-state index in [0.29, 0.717) is 50.5 Å². The summed E-state index contributed by atoms with van der Waals surface area (Å²) in [6, 6.07) is 24.8.